The summed E-state index contributed by atoms with van der Waals surface area (Å²) in [4.78, 5) is 3.05. The van der Waals surface area contributed by atoms with Crippen LogP contribution in [-0.4, -0.2) is 25.3 Å². The van der Waals surface area contributed by atoms with Gasteiger partial charge in [0, 0.05) is 22.4 Å². The van der Waals surface area contributed by atoms with Crippen LogP contribution in [0, 0.1) is 5.92 Å². The molecule has 1 saturated carbocycles. The third-order valence-electron chi connectivity index (χ3n) is 4.22. The Morgan fingerprint density at radius 1 is 1.25 bits per heavy atom. The average molecular weight is 295 g/mol. The van der Waals surface area contributed by atoms with E-state index in [4.69, 9.17) is 4.74 Å². The molecule has 0 spiro atoms. The Hall–Kier alpha value is -0.380. The monoisotopic (exact) mass is 295 g/mol. The van der Waals surface area contributed by atoms with Crippen molar-refractivity contribution in [3.63, 3.8) is 0 Å². The van der Waals surface area contributed by atoms with Crippen molar-refractivity contribution in [1.82, 2.24) is 5.32 Å². The first-order chi connectivity index (χ1) is 9.75. The van der Waals surface area contributed by atoms with Crippen molar-refractivity contribution < 1.29 is 4.74 Å². The molecule has 1 N–H and O–H groups in total. The molecule has 2 rings (SSSR count). The lowest BCUT2D eigenvalue weighted by Crippen LogP contribution is -2.39. The minimum absolute atomic E-state index is 0.542. The van der Waals surface area contributed by atoms with Crippen molar-refractivity contribution in [3.8, 4) is 0 Å². The highest BCUT2D eigenvalue weighted by Gasteiger charge is 2.31. The van der Waals surface area contributed by atoms with Crippen LogP contribution in [0.3, 0.4) is 0 Å². The molecule has 1 fully saturated rings. The fourth-order valence-corrected chi connectivity index (χ4v) is 4.17. The summed E-state index contributed by atoms with van der Waals surface area (Å²) >= 11 is 1.98. The first-order valence-electron chi connectivity index (χ1n) is 8.17. The minimum atomic E-state index is 0.542. The van der Waals surface area contributed by atoms with Crippen molar-refractivity contribution in [2.45, 2.75) is 65.0 Å². The Kier molecular flexibility index (Phi) is 6.53. The van der Waals surface area contributed by atoms with Crippen molar-refractivity contribution in [2.24, 2.45) is 5.92 Å². The molecule has 1 aliphatic rings. The van der Waals surface area contributed by atoms with Gasteiger partial charge in [-0.2, -0.15) is 0 Å². The minimum Gasteiger partial charge on any atom is -0.378 e. The molecule has 1 heterocycles. The molecule has 0 saturated heterocycles. The third-order valence-corrected chi connectivity index (χ3v) is 5.47. The summed E-state index contributed by atoms with van der Waals surface area (Å²) in [7, 11) is 0. The van der Waals surface area contributed by atoms with E-state index in [9.17, 15) is 0 Å². The summed E-state index contributed by atoms with van der Waals surface area (Å²) in [6, 6.07) is 5.24. The maximum Gasteiger partial charge on any atom is 0.0580 e. The first-order valence-corrected chi connectivity index (χ1v) is 8.99. The lowest BCUT2D eigenvalue weighted by Gasteiger charge is -2.37. The van der Waals surface area contributed by atoms with Crippen LogP contribution < -0.4 is 5.32 Å². The van der Waals surface area contributed by atoms with Gasteiger partial charge >= 0.3 is 0 Å². The van der Waals surface area contributed by atoms with Gasteiger partial charge in [-0.05, 0) is 63.6 Å². The van der Waals surface area contributed by atoms with Crippen LogP contribution in [-0.2, 0) is 17.6 Å². The van der Waals surface area contributed by atoms with E-state index in [2.05, 4.69) is 38.2 Å². The van der Waals surface area contributed by atoms with Crippen LogP contribution in [0.2, 0.25) is 0 Å². The number of ether oxygens (including phenoxy) is 1. The zero-order valence-corrected chi connectivity index (χ0v) is 14.0. The molecule has 1 unspecified atom stereocenters. The van der Waals surface area contributed by atoms with E-state index in [1.807, 2.05) is 11.3 Å². The average Bonchev–Trinajstić information content (AvgIpc) is 2.84. The fourth-order valence-electron chi connectivity index (χ4n) is 3.13. The number of nitrogens with one attached hydrogen (secondary N) is 1. The first kappa shape index (κ1) is 16.0. The summed E-state index contributed by atoms with van der Waals surface area (Å²) in [5.74, 6) is 0.862. The standard InChI is InChI=1S/C17H29NOS/c1-4-16-7-8-17(20-16)12-14(18-5-2)9-13-10-15(11-13)19-6-3/h7-8,13-15,18H,4-6,9-12H2,1-3H3. The molecule has 1 atom stereocenters. The van der Waals surface area contributed by atoms with Gasteiger partial charge in [-0.15, -0.1) is 11.3 Å². The summed E-state index contributed by atoms with van der Waals surface area (Å²) in [5, 5.41) is 3.67. The Labute approximate surface area is 127 Å². The number of thiophene rings is 1. The Morgan fingerprint density at radius 3 is 2.60 bits per heavy atom. The lowest BCUT2D eigenvalue weighted by molar-refractivity contribution is -0.0289. The fraction of sp³-hybridized carbons (Fsp3) is 0.765. The zero-order chi connectivity index (χ0) is 14.4. The SMILES string of the molecule is CCNC(Cc1ccc(CC)s1)CC1CC(OCC)C1. The molecule has 20 heavy (non-hydrogen) atoms. The Morgan fingerprint density at radius 2 is 2.00 bits per heavy atom. The molecule has 1 aromatic rings. The summed E-state index contributed by atoms with van der Waals surface area (Å²) in [5.41, 5.74) is 0. The molecule has 2 nitrogen and oxygen atoms in total. The molecule has 0 bridgehead atoms. The van der Waals surface area contributed by atoms with E-state index >= 15 is 0 Å². The molecular weight excluding hydrogens is 266 g/mol. The van der Waals surface area contributed by atoms with Crippen molar-refractivity contribution in [1.29, 1.82) is 0 Å². The van der Waals surface area contributed by atoms with E-state index < -0.39 is 0 Å². The van der Waals surface area contributed by atoms with Gasteiger partial charge in [0.2, 0.25) is 0 Å². The third kappa shape index (κ3) is 4.57. The van der Waals surface area contributed by atoms with Gasteiger partial charge in [-0.25, -0.2) is 0 Å². The molecule has 114 valence electrons. The molecule has 0 amide bonds. The van der Waals surface area contributed by atoms with Gasteiger partial charge in [0.05, 0.1) is 6.10 Å². The van der Waals surface area contributed by atoms with Gasteiger partial charge < -0.3 is 10.1 Å². The highest BCUT2D eigenvalue weighted by atomic mass is 32.1. The molecule has 3 heteroatoms. The summed E-state index contributed by atoms with van der Waals surface area (Å²) in [6.07, 6.45) is 6.72. The smallest absolute Gasteiger partial charge is 0.0580 e. The van der Waals surface area contributed by atoms with Crippen LogP contribution in [0.15, 0.2) is 12.1 Å². The number of likely N-dealkylation sites (N-methyl/N-ethyl adjacent to an activating group) is 1. The van der Waals surface area contributed by atoms with Gasteiger partial charge in [-0.3, -0.25) is 0 Å². The number of rotatable bonds is 9. The van der Waals surface area contributed by atoms with E-state index in [-0.39, 0.29) is 0 Å². The molecule has 0 aliphatic heterocycles. The van der Waals surface area contributed by atoms with Crippen LogP contribution in [0.25, 0.3) is 0 Å². The van der Waals surface area contributed by atoms with Crippen LogP contribution >= 0.6 is 11.3 Å². The van der Waals surface area contributed by atoms with Crippen molar-refractivity contribution in [2.75, 3.05) is 13.2 Å². The molecule has 0 aromatic carbocycles. The highest BCUT2D eigenvalue weighted by Crippen LogP contribution is 2.34. The van der Waals surface area contributed by atoms with Gasteiger partial charge in [-0.1, -0.05) is 13.8 Å². The molecule has 1 aromatic heterocycles. The second-order valence-corrected chi connectivity index (χ2v) is 7.08. The maximum absolute atomic E-state index is 5.67. The molecule has 1 aliphatic carbocycles. The lowest BCUT2D eigenvalue weighted by atomic mass is 9.77. The molecule has 0 radical (unpaired) electrons. The van der Waals surface area contributed by atoms with Gasteiger partial charge in [0.15, 0.2) is 0 Å². The quantitative estimate of drug-likeness (QED) is 0.742. The van der Waals surface area contributed by atoms with Crippen molar-refractivity contribution in [3.05, 3.63) is 21.9 Å². The van der Waals surface area contributed by atoms with Crippen LogP contribution in [0.1, 0.15) is 49.8 Å². The highest BCUT2D eigenvalue weighted by molar-refractivity contribution is 7.11. The topological polar surface area (TPSA) is 21.3 Å². The summed E-state index contributed by atoms with van der Waals surface area (Å²) in [6.45, 7) is 8.47. The van der Waals surface area contributed by atoms with Crippen LogP contribution in [0.4, 0.5) is 0 Å². The zero-order valence-electron chi connectivity index (χ0n) is 13.2. The van der Waals surface area contributed by atoms with Crippen molar-refractivity contribution >= 4 is 11.3 Å². The predicted molar refractivity (Wildman–Crippen MR) is 87.6 cm³/mol. The Balaban J connectivity index is 1.78. The van der Waals surface area contributed by atoms with E-state index in [1.54, 1.807) is 0 Å². The largest absolute Gasteiger partial charge is 0.378 e. The van der Waals surface area contributed by atoms with E-state index in [1.165, 1.54) is 35.4 Å². The Bertz CT molecular complexity index is 384. The molecular formula is C17H29NOS. The van der Waals surface area contributed by atoms with Gasteiger partial charge in [0.25, 0.3) is 0 Å². The number of hydrogen-bond donors (Lipinski definition) is 1. The van der Waals surface area contributed by atoms with Crippen LogP contribution in [0.5, 0.6) is 0 Å². The van der Waals surface area contributed by atoms with Gasteiger partial charge in [0.1, 0.15) is 0 Å². The predicted octanol–water partition coefficient (Wildman–Crippen LogP) is 4.04. The number of aryl methyl sites for hydroxylation is 1. The van der Waals surface area contributed by atoms with E-state index in [0.29, 0.717) is 12.1 Å². The maximum atomic E-state index is 5.67. The second-order valence-electron chi connectivity index (χ2n) is 5.83. The number of hydrogen-bond acceptors (Lipinski definition) is 3. The normalized spacial score (nSPS) is 23.6. The van der Waals surface area contributed by atoms with E-state index in [0.717, 1.165) is 25.5 Å². The second kappa shape index (κ2) is 8.16. The summed E-state index contributed by atoms with van der Waals surface area (Å²) < 4.78 is 5.67.